The highest BCUT2D eigenvalue weighted by molar-refractivity contribution is 5.16. The zero-order valence-electron chi connectivity index (χ0n) is 14.2. The van der Waals surface area contributed by atoms with Gasteiger partial charge in [0.25, 0.3) is 0 Å². The van der Waals surface area contributed by atoms with Crippen LogP contribution in [0.4, 0.5) is 0 Å². The van der Waals surface area contributed by atoms with Gasteiger partial charge in [-0.1, -0.05) is 39.5 Å². The van der Waals surface area contributed by atoms with Crippen LogP contribution in [-0.2, 0) is 0 Å². The molecule has 0 aliphatic heterocycles. The van der Waals surface area contributed by atoms with Gasteiger partial charge in [0, 0.05) is 6.04 Å². The Bertz CT molecular complexity index is 349. The van der Waals surface area contributed by atoms with E-state index >= 15 is 0 Å². The van der Waals surface area contributed by atoms with E-state index in [1.54, 1.807) is 19.3 Å². The third-order valence-electron chi connectivity index (χ3n) is 7.79. The topological polar surface area (TPSA) is 12.0 Å². The zero-order chi connectivity index (χ0) is 14.4. The quantitative estimate of drug-likeness (QED) is 0.736. The van der Waals surface area contributed by atoms with E-state index in [0.717, 1.165) is 47.5 Å². The van der Waals surface area contributed by atoms with Gasteiger partial charge in [-0.3, -0.25) is 0 Å². The van der Waals surface area contributed by atoms with Crippen molar-refractivity contribution in [1.82, 2.24) is 5.32 Å². The molecule has 21 heavy (non-hydrogen) atoms. The minimum atomic E-state index is 0.883. The second-order valence-electron chi connectivity index (χ2n) is 8.66. The molecule has 4 rings (SSSR count). The Labute approximate surface area is 131 Å². The third-order valence-corrected chi connectivity index (χ3v) is 7.79. The first-order valence-corrected chi connectivity index (χ1v) is 10.1. The number of fused-ring (bicyclic) bond motifs is 5. The maximum atomic E-state index is 4.06. The average Bonchev–Trinajstić information content (AvgIpc) is 2.94. The summed E-state index contributed by atoms with van der Waals surface area (Å²) in [6.45, 7) is 6.03. The van der Waals surface area contributed by atoms with Gasteiger partial charge in [-0.15, -0.1) is 0 Å². The molecule has 1 nitrogen and oxygen atoms in total. The molecule has 4 aliphatic carbocycles. The van der Waals surface area contributed by atoms with Crippen molar-refractivity contribution in [3.05, 3.63) is 0 Å². The molecule has 0 aromatic carbocycles. The van der Waals surface area contributed by atoms with Crippen LogP contribution >= 0.6 is 0 Å². The molecule has 120 valence electrons. The Hall–Kier alpha value is -0.0400. The number of nitrogens with one attached hydrogen (secondary N) is 1. The van der Waals surface area contributed by atoms with Gasteiger partial charge in [0.1, 0.15) is 0 Å². The summed E-state index contributed by atoms with van der Waals surface area (Å²) in [4.78, 5) is 0. The minimum Gasteiger partial charge on any atom is -0.313 e. The summed E-state index contributed by atoms with van der Waals surface area (Å²) < 4.78 is 0. The fourth-order valence-corrected chi connectivity index (χ4v) is 6.97. The predicted octanol–water partition coefficient (Wildman–Crippen LogP) is 4.86. The maximum Gasteiger partial charge on any atom is 0.0132 e. The highest BCUT2D eigenvalue weighted by Gasteiger charge is 2.67. The van der Waals surface area contributed by atoms with Gasteiger partial charge in [-0.2, -0.15) is 0 Å². The van der Waals surface area contributed by atoms with Crippen LogP contribution in [0, 0.1) is 41.4 Å². The Morgan fingerprint density at radius 3 is 2.33 bits per heavy atom. The molecule has 0 saturated heterocycles. The minimum absolute atomic E-state index is 0.883. The van der Waals surface area contributed by atoms with Crippen LogP contribution in [-0.4, -0.2) is 12.6 Å². The Balaban J connectivity index is 1.49. The van der Waals surface area contributed by atoms with Gasteiger partial charge in [0.05, 0.1) is 0 Å². The second-order valence-corrected chi connectivity index (χ2v) is 8.66. The SMILES string of the molecule is CCCNC(C1CCCCC1CC)C1C2C3CCC(C3)C21. The van der Waals surface area contributed by atoms with Crippen LogP contribution < -0.4 is 5.32 Å². The standard InChI is InChI=1S/C20H35N/c1-3-11-21-20(16-8-6-5-7-13(16)4-2)19-17-14-9-10-15(12-14)18(17)19/h13-21H,3-12H2,1-2H3. The number of hydrogen-bond acceptors (Lipinski definition) is 1. The molecule has 0 amide bonds. The summed E-state index contributed by atoms with van der Waals surface area (Å²) in [5.74, 6) is 7.69. The van der Waals surface area contributed by atoms with Gasteiger partial charge in [-0.25, -0.2) is 0 Å². The lowest BCUT2D eigenvalue weighted by molar-refractivity contribution is 0.148. The summed E-state index contributed by atoms with van der Waals surface area (Å²) >= 11 is 0. The highest BCUT2D eigenvalue weighted by Crippen LogP contribution is 2.71. The van der Waals surface area contributed by atoms with Crippen molar-refractivity contribution in [3.63, 3.8) is 0 Å². The van der Waals surface area contributed by atoms with Gasteiger partial charge >= 0.3 is 0 Å². The van der Waals surface area contributed by atoms with E-state index in [2.05, 4.69) is 19.2 Å². The molecule has 4 fully saturated rings. The lowest BCUT2D eigenvalue weighted by Crippen LogP contribution is -2.44. The molecular formula is C20H35N. The average molecular weight is 290 g/mol. The van der Waals surface area contributed by atoms with E-state index in [1.807, 2.05) is 0 Å². The van der Waals surface area contributed by atoms with Crippen LogP contribution in [0.3, 0.4) is 0 Å². The molecule has 0 spiro atoms. The van der Waals surface area contributed by atoms with Crippen molar-refractivity contribution in [1.29, 1.82) is 0 Å². The van der Waals surface area contributed by atoms with Gasteiger partial charge in [-0.05, 0) is 80.1 Å². The summed E-state index contributed by atoms with van der Waals surface area (Å²) in [5, 5.41) is 4.06. The molecule has 4 aliphatic rings. The van der Waals surface area contributed by atoms with Crippen molar-refractivity contribution in [3.8, 4) is 0 Å². The Morgan fingerprint density at radius 2 is 1.67 bits per heavy atom. The van der Waals surface area contributed by atoms with Crippen molar-refractivity contribution < 1.29 is 0 Å². The molecular weight excluding hydrogens is 254 g/mol. The zero-order valence-corrected chi connectivity index (χ0v) is 14.2. The van der Waals surface area contributed by atoms with E-state index in [4.69, 9.17) is 0 Å². The smallest absolute Gasteiger partial charge is 0.0132 e. The summed E-state index contributed by atoms with van der Waals surface area (Å²) in [6.07, 6.45) is 13.5. The summed E-state index contributed by atoms with van der Waals surface area (Å²) in [7, 11) is 0. The first-order chi connectivity index (χ1) is 10.3. The van der Waals surface area contributed by atoms with Crippen LogP contribution in [0.15, 0.2) is 0 Å². The number of rotatable bonds is 6. The molecule has 0 heterocycles. The lowest BCUT2D eigenvalue weighted by Gasteiger charge is -2.39. The van der Waals surface area contributed by atoms with Crippen molar-refractivity contribution in [2.75, 3.05) is 6.54 Å². The van der Waals surface area contributed by atoms with Crippen LogP contribution in [0.5, 0.6) is 0 Å². The van der Waals surface area contributed by atoms with E-state index in [0.29, 0.717) is 0 Å². The van der Waals surface area contributed by atoms with E-state index in [-0.39, 0.29) is 0 Å². The largest absolute Gasteiger partial charge is 0.313 e. The first kappa shape index (κ1) is 14.5. The fourth-order valence-electron chi connectivity index (χ4n) is 6.97. The third kappa shape index (κ3) is 2.38. The first-order valence-electron chi connectivity index (χ1n) is 10.1. The maximum absolute atomic E-state index is 4.06. The van der Waals surface area contributed by atoms with Gasteiger partial charge in [0.2, 0.25) is 0 Å². The molecule has 0 aromatic heterocycles. The second kappa shape index (κ2) is 5.87. The predicted molar refractivity (Wildman–Crippen MR) is 89.1 cm³/mol. The van der Waals surface area contributed by atoms with Gasteiger partial charge in [0.15, 0.2) is 0 Å². The highest BCUT2D eigenvalue weighted by atomic mass is 15.0. The summed E-state index contributed by atoms with van der Waals surface area (Å²) in [6, 6.07) is 0.883. The molecule has 2 bridgehead atoms. The van der Waals surface area contributed by atoms with E-state index in [1.165, 1.54) is 45.1 Å². The van der Waals surface area contributed by atoms with Crippen LogP contribution in [0.25, 0.3) is 0 Å². The summed E-state index contributed by atoms with van der Waals surface area (Å²) in [5.41, 5.74) is 0. The molecule has 4 saturated carbocycles. The molecule has 0 aromatic rings. The van der Waals surface area contributed by atoms with Gasteiger partial charge < -0.3 is 5.32 Å². The Kier molecular flexibility index (Phi) is 4.07. The Morgan fingerprint density at radius 1 is 0.952 bits per heavy atom. The van der Waals surface area contributed by atoms with Crippen molar-refractivity contribution >= 4 is 0 Å². The monoisotopic (exact) mass is 289 g/mol. The molecule has 0 radical (unpaired) electrons. The van der Waals surface area contributed by atoms with E-state index in [9.17, 15) is 0 Å². The lowest BCUT2D eigenvalue weighted by atomic mass is 9.71. The fraction of sp³-hybridized carbons (Fsp3) is 1.00. The van der Waals surface area contributed by atoms with Crippen molar-refractivity contribution in [2.45, 2.75) is 77.7 Å². The van der Waals surface area contributed by atoms with Crippen molar-refractivity contribution in [2.24, 2.45) is 41.4 Å². The van der Waals surface area contributed by atoms with Crippen LogP contribution in [0.1, 0.15) is 71.6 Å². The molecule has 7 unspecified atom stereocenters. The van der Waals surface area contributed by atoms with Crippen LogP contribution in [0.2, 0.25) is 0 Å². The molecule has 7 atom stereocenters. The molecule has 1 N–H and O–H groups in total. The normalized spacial score (nSPS) is 49.1. The number of hydrogen-bond donors (Lipinski definition) is 1. The molecule has 1 heteroatoms. The van der Waals surface area contributed by atoms with E-state index < -0.39 is 0 Å².